The summed E-state index contributed by atoms with van der Waals surface area (Å²) >= 11 is 0. The quantitative estimate of drug-likeness (QED) is 0.399. The van der Waals surface area contributed by atoms with Crippen LogP contribution in [0.5, 0.6) is 0 Å². The summed E-state index contributed by atoms with van der Waals surface area (Å²) in [7, 11) is 0. The van der Waals surface area contributed by atoms with Crippen LogP contribution in [-0.4, -0.2) is 0 Å². The Hall–Kier alpha value is -2.08. The largest absolute Gasteiger partial charge is 0.0629 e. The minimum absolute atomic E-state index is 0. The molecule has 164 valence electrons. The second-order valence-corrected chi connectivity index (χ2v) is 8.87. The normalized spacial score (nSPS) is 20.8. The summed E-state index contributed by atoms with van der Waals surface area (Å²) in [5.74, 6) is 1.15. The average Bonchev–Trinajstić information content (AvgIpc) is 3.08. The van der Waals surface area contributed by atoms with E-state index >= 15 is 0 Å². The van der Waals surface area contributed by atoms with E-state index in [1.165, 1.54) is 55.7 Å². The van der Waals surface area contributed by atoms with Gasteiger partial charge in [-0.15, -0.1) is 0 Å². The van der Waals surface area contributed by atoms with Gasteiger partial charge in [0.1, 0.15) is 0 Å². The first-order valence-corrected chi connectivity index (χ1v) is 11.1. The predicted molar refractivity (Wildman–Crippen MR) is 133 cm³/mol. The zero-order valence-electron chi connectivity index (χ0n) is 20.3. The third-order valence-corrected chi connectivity index (χ3v) is 7.45. The van der Waals surface area contributed by atoms with Crippen molar-refractivity contribution in [1.29, 1.82) is 0 Å². The van der Waals surface area contributed by atoms with Gasteiger partial charge in [0.05, 0.1) is 0 Å². The van der Waals surface area contributed by atoms with E-state index in [0.29, 0.717) is 11.8 Å². The Bertz CT molecular complexity index is 959. The van der Waals surface area contributed by atoms with Crippen molar-refractivity contribution in [3.63, 3.8) is 0 Å². The molecule has 0 bridgehead atoms. The topological polar surface area (TPSA) is 0 Å². The van der Waals surface area contributed by atoms with Crippen LogP contribution in [0.3, 0.4) is 0 Å². The zero-order valence-corrected chi connectivity index (χ0v) is 21.4. The van der Waals surface area contributed by atoms with Crippen LogP contribution in [0.25, 0.3) is 11.1 Å². The van der Waals surface area contributed by atoms with Gasteiger partial charge in [0.2, 0.25) is 0 Å². The zero-order chi connectivity index (χ0) is 22.0. The fraction of sp³-hybridized carbons (Fsp3) is 0.333. The SMILES string of the molecule is CC1=C(C)C(C)C(c2ccccc2)=C1C.CC1=C(C)C(C)C(c2ccccc2)=C1C.[Fe]. The van der Waals surface area contributed by atoms with Crippen LogP contribution < -0.4 is 0 Å². The van der Waals surface area contributed by atoms with Gasteiger partial charge in [0.25, 0.3) is 0 Å². The van der Waals surface area contributed by atoms with Gasteiger partial charge >= 0.3 is 0 Å². The Morgan fingerprint density at radius 3 is 0.968 bits per heavy atom. The van der Waals surface area contributed by atoms with Crippen molar-refractivity contribution in [3.05, 3.63) is 105 Å². The van der Waals surface area contributed by atoms with E-state index in [4.69, 9.17) is 0 Å². The molecule has 0 N–H and O–H groups in total. The molecule has 0 aliphatic heterocycles. The maximum Gasteiger partial charge on any atom is 0.00315 e. The van der Waals surface area contributed by atoms with Crippen molar-refractivity contribution in [3.8, 4) is 0 Å². The molecule has 31 heavy (non-hydrogen) atoms. The molecule has 0 heterocycles. The molecule has 0 fully saturated rings. The first-order chi connectivity index (χ1) is 14.3. The van der Waals surface area contributed by atoms with Crippen LogP contribution in [0.4, 0.5) is 0 Å². The summed E-state index contributed by atoms with van der Waals surface area (Å²) in [4.78, 5) is 0. The second-order valence-electron chi connectivity index (χ2n) is 8.87. The second kappa shape index (κ2) is 10.5. The number of hydrogen-bond donors (Lipinski definition) is 0. The Labute approximate surface area is 200 Å². The summed E-state index contributed by atoms with van der Waals surface area (Å²) in [6, 6.07) is 21.5. The van der Waals surface area contributed by atoms with E-state index in [1.54, 1.807) is 0 Å². The smallest absolute Gasteiger partial charge is 0.00315 e. The van der Waals surface area contributed by atoms with Gasteiger partial charge < -0.3 is 0 Å². The molecule has 0 spiro atoms. The standard InChI is InChI=1S/2C15H18.Fe/c2*1-10-11(2)13(4)15(12(10)3)14-8-6-5-7-9-14;/h2*5-9,12H,1-4H3;. The molecule has 2 aromatic rings. The van der Waals surface area contributed by atoms with E-state index < -0.39 is 0 Å². The van der Waals surface area contributed by atoms with Crippen LogP contribution in [0.2, 0.25) is 0 Å². The van der Waals surface area contributed by atoms with Gasteiger partial charge in [-0.25, -0.2) is 0 Å². The van der Waals surface area contributed by atoms with Crippen molar-refractivity contribution >= 4 is 11.1 Å². The fourth-order valence-electron chi connectivity index (χ4n) is 4.90. The number of allylic oxidation sites excluding steroid dienone is 8. The van der Waals surface area contributed by atoms with Gasteiger partial charge in [-0.2, -0.15) is 0 Å². The number of hydrogen-bond acceptors (Lipinski definition) is 0. The van der Waals surface area contributed by atoms with Crippen LogP contribution in [0.1, 0.15) is 66.5 Å². The molecule has 0 aromatic heterocycles. The Kier molecular flexibility index (Phi) is 8.52. The number of benzene rings is 2. The maximum absolute atomic E-state index is 2.30. The summed E-state index contributed by atoms with van der Waals surface area (Å²) in [5, 5.41) is 0. The van der Waals surface area contributed by atoms with Crippen molar-refractivity contribution < 1.29 is 17.1 Å². The van der Waals surface area contributed by atoms with Crippen LogP contribution >= 0.6 is 0 Å². The molecule has 2 aliphatic rings. The minimum Gasteiger partial charge on any atom is -0.0629 e. The summed E-state index contributed by atoms with van der Waals surface area (Å²) in [5.41, 5.74) is 14.7. The van der Waals surface area contributed by atoms with E-state index in [-0.39, 0.29) is 17.1 Å². The molecular formula is C30H36Fe. The Morgan fingerprint density at radius 1 is 0.452 bits per heavy atom. The monoisotopic (exact) mass is 452 g/mol. The van der Waals surface area contributed by atoms with Crippen molar-refractivity contribution in [1.82, 2.24) is 0 Å². The van der Waals surface area contributed by atoms with Gasteiger partial charge in [-0.05, 0) is 86.1 Å². The molecule has 0 amide bonds. The fourth-order valence-corrected chi connectivity index (χ4v) is 4.90. The van der Waals surface area contributed by atoms with Crippen LogP contribution in [-0.2, 0) is 17.1 Å². The molecule has 1 heteroatoms. The molecule has 2 aliphatic carbocycles. The molecule has 2 atom stereocenters. The first-order valence-electron chi connectivity index (χ1n) is 11.1. The van der Waals surface area contributed by atoms with E-state index in [1.807, 2.05) is 0 Å². The Morgan fingerprint density at radius 2 is 0.742 bits per heavy atom. The molecule has 0 nitrogen and oxygen atoms in total. The summed E-state index contributed by atoms with van der Waals surface area (Å²) in [6.45, 7) is 18.1. The summed E-state index contributed by atoms with van der Waals surface area (Å²) < 4.78 is 0. The van der Waals surface area contributed by atoms with E-state index in [9.17, 15) is 0 Å². The Balaban J connectivity index is 0.000000213. The van der Waals surface area contributed by atoms with Gasteiger partial charge in [-0.1, -0.05) is 85.7 Å². The molecule has 2 unspecified atom stereocenters. The van der Waals surface area contributed by atoms with Crippen LogP contribution in [0, 0.1) is 11.8 Å². The minimum atomic E-state index is 0. The van der Waals surface area contributed by atoms with Crippen LogP contribution in [0.15, 0.2) is 94.1 Å². The third kappa shape index (κ3) is 4.89. The van der Waals surface area contributed by atoms with Crippen molar-refractivity contribution in [2.45, 2.75) is 55.4 Å². The summed E-state index contributed by atoms with van der Waals surface area (Å²) in [6.07, 6.45) is 0. The molecule has 2 aromatic carbocycles. The van der Waals surface area contributed by atoms with Crippen molar-refractivity contribution in [2.24, 2.45) is 11.8 Å². The van der Waals surface area contributed by atoms with Gasteiger partial charge in [0, 0.05) is 28.9 Å². The molecule has 0 saturated carbocycles. The van der Waals surface area contributed by atoms with Gasteiger partial charge in [-0.3, -0.25) is 0 Å². The van der Waals surface area contributed by atoms with E-state index in [2.05, 4.69) is 116 Å². The predicted octanol–water partition coefficient (Wildman–Crippen LogP) is 8.89. The molecule has 0 saturated heterocycles. The van der Waals surface area contributed by atoms with Crippen molar-refractivity contribution in [2.75, 3.05) is 0 Å². The average molecular weight is 452 g/mol. The number of rotatable bonds is 2. The molecule has 4 rings (SSSR count). The van der Waals surface area contributed by atoms with Gasteiger partial charge in [0.15, 0.2) is 0 Å². The van der Waals surface area contributed by atoms with E-state index in [0.717, 1.165) is 0 Å². The molecular weight excluding hydrogens is 416 g/mol. The molecule has 0 radical (unpaired) electrons. The maximum atomic E-state index is 2.30. The third-order valence-electron chi connectivity index (χ3n) is 7.45. The first kappa shape index (κ1) is 25.2.